The van der Waals surface area contributed by atoms with Crippen molar-refractivity contribution in [2.24, 2.45) is 0 Å². The van der Waals surface area contributed by atoms with E-state index in [2.05, 4.69) is 10.0 Å². The molecule has 0 aromatic heterocycles. The highest BCUT2D eigenvalue weighted by Gasteiger charge is 2.17. The predicted molar refractivity (Wildman–Crippen MR) is 87.5 cm³/mol. The summed E-state index contributed by atoms with van der Waals surface area (Å²) in [7, 11) is -0.402. The number of hydrogen-bond donors (Lipinski definition) is 2. The molecule has 128 valence electrons. The van der Waals surface area contributed by atoms with Crippen LogP contribution in [0, 0.1) is 0 Å². The normalized spacial score (nSPS) is 12.5. The number of benzene rings is 1. The molecule has 0 aliphatic rings. The summed E-state index contributed by atoms with van der Waals surface area (Å²) in [6, 6.07) is 5.40. The summed E-state index contributed by atoms with van der Waals surface area (Å²) in [4.78, 5) is 24.8. The number of likely N-dealkylation sites (N-methyl/N-ethyl adjacent to an activating group) is 1. The van der Waals surface area contributed by atoms with Crippen LogP contribution in [0.3, 0.4) is 0 Å². The van der Waals surface area contributed by atoms with Crippen molar-refractivity contribution in [2.75, 3.05) is 20.6 Å². The van der Waals surface area contributed by atoms with E-state index in [0.717, 1.165) is 0 Å². The van der Waals surface area contributed by atoms with E-state index in [1.165, 1.54) is 29.2 Å². The number of nitrogens with zero attached hydrogens (tertiary/aromatic N) is 1. The molecule has 1 aromatic rings. The van der Waals surface area contributed by atoms with Crippen LogP contribution in [0.15, 0.2) is 29.2 Å². The lowest BCUT2D eigenvalue weighted by molar-refractivity contribution is -0.127. The van der Waals surface area contributed by atoms with Crippen molar-refractivity contribution >= 4 is 21.8 Å². The van der Waals surface area contributed by atoms with Crippen LogP contribution in [-0.4, -0.2) is 51.8 Å². The van der Waals surface area contributed by atoms with E-state index >= 15 is 0 Å². The Kier molecular flexibility index (Phi) is 6.71. The molecule has 0 bridgehead atoms. The van der Waals surface area contributed by atoms with Gasteiger partial charge >= 0.3 is 0 Å². The quantitative estimate of drug-likeness (QED) is 0.758. The van der Waals surface area contributed by atoms with Crippen molar-refractivity contribution in [3.05, 3.63) is 29.8 Å². The zero-order valence-electron chi connectivity index (χ0n) is 13.8. The number of carbonyl (C=O) groups is 2. The minimum Gasteiger partial charge on any atom is -0.347 e. The molecule has 0 heterocycles. The van der Waals surface area contributed by atoms with Gasteiger partial charge in [0.05, 0.1) is 11.4 Å². The van der Waals surface area contributed by atoms with Crippen molar-refractivity contribution in [3.63, 3.8) is 0 Å². The highest BCUT2D eigenvalue weighted by molar-refractivity contribution is 7.89. The molecule has 2 N–H and O–H groups in total. The van der Waals surface area contributed by atoms with Crippen LogP contribution in [-0.2, 0) is 14.8 Å². The van der Waals surface area contributed by atoms with Crippen molar-refractivity contribution in [1.29, 1.82) is 0 Å². The summed E-state index contributed by atoms with van der Waals surface area (Å²) in [6.07, 6.45) is 0.680. The molecule has 0 unspecified atom stereocenters. The average Bonchev–Trinajstić information content (AvgIpc) is 2.51. The molecule has 23 heavy (non-hydrogen) atoms. The Labute approximate surface area is 137 Å². The molecule has 2 amide bonds. The van der Waals surface area contributed by atoms with Gasteiger partial charge in [0.25, 0.3) is 5.91 Å². The molecule has 8 heteroatoms. The number of amides is 2. The number of hydrogen-bond acceptors (Lipinski definition) is 4. The fourth-order valence-corrected chi connectivity index (χ4v) is 2.94. The van der Waals surface area contributed by atoms with Gasteiger partial charge in [0, 0.05) is 25.7 Å². The maximum atomic E-state index is 12.1. The molecule has 0 fully saturated rings. The summed E-state index contributed by atoms with van der Waals surface area (Å²) in [6.45, 7) is 3.55. The largest absolute Gasteiger partial charge is 0.347 e. The maximum absolute atomic E-state index is 12.1. The van der Waals surface area contributed by atoms with Gasteiger partial charge in [-0.1, -0.05) is 6.92 Å². The van der Waals surface area contributed by atoms with Gasteiger partial charge < -0.3 is 10.2 Å². The average molecular weight is 341 g/mol. The standard InChI is InChI=1S/C15H23N3O4S/c1-5-11(2)17-23(21,22)13-8-6-12(7-9-13)15(20)16-10-14(19)18(3)4/h6-9,11,17H,5,10H2,1-4H3,(H,16,20)/t11-/m1/s1. The second-order valence-corrected chi connectivity index (χ2v) is 7.14. The zero-order chi connectivity index (χ0) is 17.6. The van der Waals surface area contributed by atoms with Crippen molar-refractivity contribution in [2.45, 2.75) is 31.2 Å². The first-order valence-corrected chi connectivity index (χ1v) is 8.76. The van der Waals surface area contributed by atoms with Crippen LogP contribution >= 0.6 is 0 Å². The Bertz CT molecular complexity index is 654. The fourth-order valence-electron chi connectivity index (χ4n) is 1.62. The van der Waals surface area contributed by atoms with Gasteiger partial charge in [0.15, 0.2) is 0 Å². The highest BCUT2D eigenvalue weighted by Crippen LogP contribution is 2.11. The van der Waals surface area contributed by atoms with Crippen molar-refractivity contribution in [3.8, 4) is 0 Å². The van der Waals surface area contributed by atoms with Gasteiger partial charge in [-0.3, -0.25) is 9.59 Å². The molecular formula is C15H23N3O4S. The first kappa shape index (κ1) is 19.1. The Hall–Kier alpha value is -1.93. The minimum atomic E-state index is -3.59. The second kappa shape index (κ2) is 8.07. The third kappa shape index (κ3) is 5.65. The van der Waals surface area contributed by atoms with E-state index in [4.69, 9.17) is 0 Å². The lowest BCUT2D eigenvalue weighted by atomic mass is 10.2. The van der Waals surface area contributed by atoms with E-state index in [1.54, 1.807) is 21.0 Å². The van der Waals surface area contributed by atoms with E-state index in [-0.39, 0.29) is 23.4 Å². The number of sulfonamides is 1. The lowest BCUT2D eigenvalue weighted by Gasteiger charge is -2.13. The summed E-state index contributed by atoms with van der Waals surface area (Å²) in [5, 5.41) is 2.48. The van der Waals surface area contributed by atoms with Crippen LogP contribution in [0.25, 0.3) is 0 Å². The van der Waals surface area contributed by atoms with Crippen LogP contribution in [0.2, 0.25) is 0 Å². The van der Waals surface area contributed by atoms with Gasteiger partial charge in [0.1, 0.15) is 0 Å². The Balaban J connectivity index is 2.76. The van der Waals surface area contributed by atoms with Crippen LogP contribution in [0.1, 0.15) is 30.6 Å². The van der Waals surface area contributed by atoms with E-state index in [0.29, 0.717) is 12.0 Å². The molecule has 7 nitrogen and oxygen atoms in total. The number of nitrogens with one attached hydrogen (secondary N) is 2. The van der Waals surface area contributed by atoms with Crippen molar-refractivity contribution in [1.82, 2.24) is 14.9 Å². The topological polar surface area (TPSA) is 95.6 Å². The van der Waals surface area contributed by atoms with Crippen LogP contribution in [0.4, 0.5) is 0 Å². The summed E-state index contributed by atoms with van der Waals surface area (Å²) >= 11 is 0. The maximum Gasteiger partial charge on any atom is 0.251 e. The molecule has 1 atom stereocenters. The Morgan fingerprint density at radius 2 is 1.74 bits per heavy atom. The molecule has 0 aliphatic heterocycles. The van der Waals surface area contributed by atoms with E-state index in [9.17, 15) is 18.0 Å². The monoisotopic (exact) mass is 341 g/mol. The van der Waals surface area contributed by atoms with E-state index in [1.807, 2.05) is 6.92 Å². The molecule has 0 aliphatic carbocycles. The van der Waals surface area contributed by atoms with Gasteiger partial charge in [0.2, 0.25) is 15.9 Å². The summed E-state index contributed by atoms with van der Waals surface area (Å²) in [5.41, 5.74) is 0.291. The first-order chi connectivity index (χ1) is 10.7. The molecule has 0 saturated heterocycles. The van der Waals surface area contributed by atoms with E-state index < -0.39 is 15.9 Å². The highest BCUT2D eigenvalue weighted by atomic mass is 32.2. The van der Waals surface area contributed by atoms with Crippen LogP contribution in [0.5, 0.6) is 0 Å². The minimum absolute atomic E-state index is 0.0960. The SMILES string of the molecule is CC[C@@H](C)NS(=O)(=O)c1ccc(C(=O)NCC(=O)N(C)C)cc1. The molecular weight excluding hydrogens is 318 g/mol. The van der Waals surface area contributed by atoms with Crippen molar-refractivity contribution < 1.29 is 18.0 Å². The number of carbonyl (C=O) groups excluding carboxylic acids is 2. The Morgan fingerprint density at radius 1 is 1.17 bits per heavy atom. The fraction of sp³-hybridized carbons (Fsp3) is 0.467. The second-order valence-electron chi connectivity index (χ2n) is 5.43. The third-order valence-corrected chi connectivity index (χ3v) is 4.90. The molecule has 1 rings (SSSR count). The predicted octanol–water partition coefficient (Wildman–Crippen LogP) is 0.581. The van der Waals surface area contributed by atoms with Gasteiger partial charge in [-0.25, -0.2) is 13.1 Å². The van der Waals surface area contributed by atoms with Gasteiger partial charge in [-0.15, -0.1) is 0 Å². The number of rotatable bonds is 7. The van der Waals surface area contributed by atoms with Crippen LogP contribution < -0.4 is 10.0 Å². The molecule has 0 saturated carbocycles. The smallest absolute Gasteiger partial charge is 0.251 e. The zero-order valence-corrected chi connectivity index (χ0v) is 14.6. The van der Waals surface area contributed by atoms with Gasteiger partial charge in [-0.05, 0) is 37.6 Å². The third-order valence-electron chi connectivity index (χ3n) is 3.29. The molecule has 0 spiro atoms. The summed E-state index contributed by atoms with van der Waals surface area (Å²) in [5.74, 6) is -0.658. The molecule has 1 aromatic carbocycles. The Morgan fingerprint density at radius 3 is 2.22 bits per heavy atom. The lowest BCUT2D eigenvalue weighted by Crippen LogP contribution is -2.36. The summed E-state index contributed by atoms with van der Waals surface area (Å²) < 4.78 is 26.8. The molecule has 0 radical (unpaired) electrons. The first-order valence-electron chi connectivity index (χ1n) is 7.28. The van der Waals surface area contributed by atoms with Gasteiger partial charge in [-0.2, -0.15) is 0 Å².